The lowest BCUT2D eigenvalue weighted by Gasteiger charge is -2.25. The second kappa shape index (κ2) is 12.3. The lowest BCUT2D eigenvalue weighted by Crippen LogP contribution is -2.39. The molecule has 3 aromatic rings. The minimum Gasteiger partial charge on any atom is -0.468 e. The summed E-state index contributed by atoms with van der Waals surface area (Å²) in [6.07, 6.45) is 0.437. The second-order valence-corrected chi connectivity index (χ2v) is 11.0. The van der Waals surface area contributed by atoms with E-state index < -0.39 is 40.6 Å². The molecule has 11 heteroatoms. The Hall–Kier alpha value is -3.28. The van der Waals surface area contributed by atoms with Crippen molar-refractivity contribution in [3.05, 3.63) is 97.9 Å². The molecule has 0 N–H and O–H groups in total. The average Bonchev–Trinajstić information content (AvgIpc) is 2.90. The van der Waals surface area contributed by atoms with Crippen LogP contribution in [0.25, 0.3) is 0 Å². The van der Waals surface area contributed by atoms with Gasteiger partial charge in [-0.3, -0.25) is 9.59 Å². The van der Waals surface area contributed by atoms with Gasteiger partial charge in [-0.1, -0.05) is 48.0 Å². The maximum Gasteiger partial charge on any atom is 0.339 e. The summed E-state index contributed by atoms with van der Waals surface area (Å²) in [5.74, 6) is -1.56. The van der Waals surface area contributed by atoms with Gasteiger partial charge in [-0.2, -0.15) is 4.31 Å². The molecule has 3 rings (SSSR count). The molecule has 0 unspecified atom stereocenters. The second-order valence-electron chi connectivity index (χ2n) is 8.20. The van der Waals surface area contributed by atoms with Crippen molar-refractivity contribution in [1.82, 2.24) is 8.87 Å². The van der Waals surface area contributed by atoms with Gasteiger partial charge in [0, 0.05) is 6.54 Å². The molecule has 2 aromatic carbocycles. The first kappa shape index (κ1) is 28.3. The van der Waals surface area contributed by atoms with Crippen molar-refractivity contribution in [3.8, 4) is 0 Å². The molecule has 196 valence electrons. The van der Waals surface area contributed by atoms with Crippen molar-refractivity contribution < 1.29 is 27.5 Å². The number of esters is 2. The molecule has 0 fully saturated rings. The van der Waals surface area contributed by atoms with Gasteiger partial charge in [-0.25, -0.2) is 13.2 Å². The van der Waals surface area contributed by atoms with E-state index in [1.807, 2.05) is 37.3 Å². The fourth-order valence-electron chi connectivity index (χ4n) is 3.71. The van der Waals surface area contributed by atoms with Crippen LogP contribution in [0.4, 0.5) is 0 Å². The Labute approximate surface area is 223 Å². The van der Waals surface area contributed by atoms with Gasteiger partial charge in [-0.05, 0) is 53.0 Å². The number of pyridine rings is 1. The number of carbonyl (C=O) groups excluding carboxylic acids is 2. The minimum atomic E-state index is -4.22. The van der Waals surface area contributed by atoms with Crippen LogP contribution in [0.1, 0.15) is 27.2 Å². The first-order valence-corrected chi connectivity index (χ1v) is 13.5. The zero-order valence-electron chi connectivity index (χ0n) is 20.6. The average molecular weight is 591 g/mol. The first-order chi connectivity index (χ1) is 17.6. The molecule has 9 nitrogen and oxygen atoms in total. The van der Waals surface area contributed by atoms with Crippen LogP contribution in [0.3, 0.4) is 0 Å². The number of benzene rings is 2. The predicted octanol–water partition coefficient (Wildman–Crippen LogP) is 3.31. The zero-order valence-corrected chi connectivity index (χ0v) is 23.0. The highest BCUT2D eigenvalue weighted by molar-refractivity contribution is 9.10. The van der Waals surface area contributed by atoms with Crippen molar-refractivity contribution in [1.29, 1.82) is 0 Å². The Morgan fingerprint density at radius 1 is 1.00 bits per heavy atom. The van der Waals surface area contributed by atoms with E-state index in [-0.39, 0.29) is 27.2 Å². The van der Waals surface area contributed by atoms with Crippen molar-refractivity contribution >= 4 is 37.9 Å². The normalized spacial score (nSPS) is 11.4. The van der Waals surface area contributed by atoms with Crippen molar-refractivity contribution in [3.63, 3.8) is 0 Å². The third-order valence-electron chi connectivity index (χ3n) is 5.75. The lowest BCUT2D eigenvalue weighted by molar-refractivity contribution is -0.140. The summed E-state index contributed by atoms with van der Waals surface area (Å²) >= 11 is 3.21. The molecule has 0 aliphatic carbocycles. The van der Waals surface area contributed by atoms with Gasteiger partial charge in [-0.15, -0.1) is 0 Å². The summed E-state index contributed by atoms with van der Waals surface area (Å²) in [6, 6.07) is 16.8. The monoisotopic (exact) mass is 590 g/mol. The SMILES string of the molecule is COC(=O)CN(Cc1c(C(=O)OC)cc(Br)c(=O)n1CCc1ccccc1)S(=O)(=O)c1ccc(C)cc1. The summed E-state index contributed by atoms with van der Waals surface area (Å²) in [6.45, 7) is 0.889. The van der Waals surface area contributed by atoms with Gasteiger partial charge in [0.05, 0.1) is 41.4 Å². The third kappa shape index (κ3) is 6.73. The van der Waals surface area contributed by atoms with E-state index in [1.54, 1.807) is 12.1 Å². The maximum absolute atomic E-state index is 13.6. The van der Waals surface area contributed by atoms with Crippen molar-refractivity contribution in [2.75, 3.05) is 20.8 Å². The summed E-state index contributed by atoms with van der Waals surface area (Å²) in [5.41, 5.74) is 1.43. The number of aromatic nitrogens is 1. The van der Waals surface area contributed by atoms with E-state index in [4.69, 9.17) is 9.47 Å². The quantitative estimate of drug-likeness (QED) is 0.333. The predicted molar refractivity (Wildman–Crippen MR) is 141 cm³/mol. The van der Waals surface area contributed by atoms with Crippen LogP contribution < -0.4 is 5.56 Å². The topological polar surface area (TPSA) is 112 Å². The van der Waals surface area contributed by atoms with Gasteiger partial charge < -0.3 is 14.0 Å². The number of hydrogen-bond donors (Lipinski definition) is 0. The van der Waals surface area contributed by atoms with E-state index in [9.17, 15) is 22.8 Å². The summed E-state index contributed by atoms with van der Waals surface area (Å²) < 4.78 is 39.2. The molecule has 1 aromatic heterocycles. The Morgan fingerprint density at radius 3 is 2.24 bits per heavy atom. The van der Waals surface area contributed by atoms with E-state index in [1.165, 1.54) is 29.9 Å². The number of rotatable bonds is 10. The molecule has 0 aliphatic heterocycles. The van der Waals surface area contributed by atoms with Crippen molar-refractivity contribution in [2.24, 2.45) is 0 Å². The highest BCUT2D eigenvalue weighted by Gasteiger charge is 2.31. The van der Waals surface area contributed by atoms with E-state index in [0.717, 1.165) is 22.5 Å². The number of nitrogens with zero attached hydrogens (tertiary/aromatic N) is 2. The summed E-state index contributed by atoms with van der Waals surface area (Å²) in [5, 5.41) is 0. The number of carbonyl (C=O) groups is 2. The zero-order chi connectivity index (χ0) is 27.2. The van der Waals surface area contributed by atoms with Gasteiger partial charge in [0.1, 0.15) is 6.54 Å². The molecular weight excluding hydrogens is 564 g/mol. The number of ether oxygens (including phenoxy) is 2. The van der Waals surface area contributed by atoms with Crippen molar-refractivity contribution in [2.45, 2.75) is 31.3 Å². The fraction of sp³-hybridized carbons (Fsp3) is 0.269. The van der Waals surface area contributed by atoms with Crippen LogP contribution in [0, 0.1) is 6.92 Å². The van der Waals surface area contributed by atoms with Gasteiger partial charge in [0.2, 0.25) is 10.0 Å². The number of hydrogen-bond acceptors (Lipinski definition) is 7. The standard InChI is InChI=1S/C26H27BrN2O7S/c1-18-9-11-20(12-10-18)37(33,34)28(17-24(30)35-2)16-23-21(26(32)36-3)15-22(27)25(31)29(23)14-13-19-7-5-4-6-8-19/h4-12,15H,13-14,16-17H2,1-3H3. The molecule has 0 bridgehead atoms. The smallest absolute Gasteiger partial charge is 0.339 e. The maximum atomic E-state index is 13.6. The first-order valence-electron chi connectivity index (χ1n) is 11.3. The number of sulfonamides is 1. The number of aryl methyl sites for hydroxylation is 2. The molecule has 0 aliphatic rings. The van der Waals surface area contributed by atoms with Crippen LogP contribution >= 0.6 is 15.9 Å². The summed E-state index contributed by atoms with van der Waals surface area (Å²) in [7, 11) is -1.89. The Balaban J connectivity index is 2.16. The molecule has 0 radical (unpaired) electrons. The molecule has 0 atom stereocenters. The van der Waals surface area contributed by atoms with Crippen LogP contribution in [-0.2, 0) is 43.8 Å². The minimum absolute atomic E-state index is 0.00370. The van der Waals surface area contributed by atoms with Gasteiger partial charge in [0.25, 0.3) is 5.56 Å². The molecule has 0 spiro atoms. The molecule has 1 heterocycles. The fourth-order valence-corrected chi connectivity index (χ4v) is 5.50. The molecule has 0 saturated carbocycles. The Kier molecular flexibility index (Phi) is 9.41. The van der Waals surface area contributed by atoms with E-state index in [2.05, 4.69) is 15.9 Å². The molecule has 0 amide bonds. The van der Waals surface area contributed by atoms with Crippen LogP contribution in [0.15, 0.2) is 74.8 Å². The highest BCUT2D eigenvalue weighted by Crippen LogP contribution is 2.23. The van der Waals surface area contributed by atoms with Crippen LogP contribution in [-0.4, -0.2) is 50.0 Å². The molecule has 37 heavy (non-hydrogen) atoms. The highest BCUT2D eigenvalue weighted by atomic mass is 79.9. The Bertz CT molecular complexity index is 1440. The largest absolute Gasteiger partial charge is 0.468 e. The molecule has 0 saturated heterocycles. The number of halogens is 1. The molecular formula is C26H27BrN2O7S. The van der Waals surface area contributed by atoms with E-state index in [0.29, 0.717) is 6.42 Å². The number of methoxy groups -OCH3 is 2. The van der Waals surface area contributed by atoms with E-state index >= 15 is 0 Å². The lowest BCUT2D eigenvalue weighted by atomic mass is 10.1. The van der Waals surface area contributed by atoms with Gasteiger partial charge in [0.15, 0.2) is 0 Å². The third-order valence-corrected chi connectivity index (χ3v) is 8.12. The Morgan fingerprint density at radius 2 is 1.65 bits per heavy atom. The van der Waals surface area contributed by atoms with Crippen LogP contribution in [0.2, 0.25) is 0 Å². The summed E-state index contributed by atoms with van der Waals surface area (Å²) in [4.78, 5) is 38.1. The van der Waals surface area contributed by atoms with Crippen LogP contribution in [0.5, 0.6) is 0 Å². The van der Waals surface area contributed by atoms with Gasteiger partial charge >= 0.3 is 11.9 Å².